The van der Waals surface area contributed by atoms with E-state index in [1.54, 1.807) is 34.3 Å². The maximum atomic E-state index is 14.6. The van der Waals surface area contributed by atoms with E-state index in [-0.39, 0.29) is 131 Å². The Kier molecular flexibility index (Phi) is 37.2. The van der Waals surface area contributed by atoms with Gasteiger partial charge >= 0.3 is 0 Å². The van der Waals surface area contributed by atoms with Gasteiger partial charge in [-0.05, 0) is 113 Å². The van der Waals surface area contributed by atoms with Crippen molar-refractivity contribution in [1.82, 2.24) is 35.9 Å². The summed E-state index contributed by atoms with van der Waals surface area (Å²) in [5.74, 6) is -7.29. The second kappa shape index (κ2) is 45.4. The van der Waals surface area contributed by atoms with Gasteiger partial charge < -0.3 is 70.1 Å². The molecule has 0 radical (unpaired) electrons. The first-order chi connectivity index (χ1) is 52.5. The molecule has 2 aliphatic heterocycles. The van der Waals surface area contributed by atoms with E-state index in [9.17, 15) is 56.9 Å². The summed E-state index contributed by atoms with van der Waals surface area (Å²) in [7, 11) is 0. The number of hydrogen-bond acceptors (Lipinski definition) is 22. The third-order valence-electron chi connectivity index (χ3n) is 18.4. The largest absolute Gasteiger partial charge is 0.391 e. The summed E-state index contributed by atoms with van der Waals surface area (Å²) in [6, 6.07) is 20.1. The Bertz CT molecular complexity index is 3940. The number of rotatable bonds is 43. The Balaban J connectivity index is 0.000000337. The first-order valence-electron chi connectivity index (χ1n) is 36.9. The average molecular weight is 1680 g/mol. The predicted molar refractivity (Wildman–Crippen MR) is 420 cm³/mol. The van der Waals surface area contributed by atoms with E-state index in [4.69, 9.17) is 39.0 Å². The number of aliphatic hydroxyl groups is 2. The van der Waals surface area contributed by atoms with Crippen LogP contribution in [0.25, 0.3) is 20.9 Å². The molecule has 6 atom stereocenters. The Morgan fingerprint density at radius 1 is 0.573 bits per heavy atom. The predicted octanol–water partition coefficient (Wildman–Crippen LogP) is 10.4. The van der Waals surface area contributed by atoms with Crippen molar-refractivity contribution in [2.75, 3.05) is 111 Å². The molecule has 0 spiro atoms. The van der Waals surface area contributed by atoms with Crippen LogP contribution in [-0.2, 0) is 75.1 Å². The fraction of sp³-hybridized carbons (Fsp3) is 0.532. The first kappa shape index (κ1) is 89.9. The third kappa shape index (κ3) is 28.7. The van der Waals surface area contributed by atoms with Crippen molar-refractivity contribution in [3.8, 4) is 20.9 Å². The molecule has 0 unspecified atom stereocenters. The van der Waals surface area contributed by atoms with Gasteiger partial charge in [0.15, 0.2) is 23.2 Å². The number of likely N-dealkylation sites (tertiary alicyclic amines) is 2. The summed E-state index contributed by atoms with van der Waals surface area (Å²) in [6.07, 6.45) is 1.49. The van der Waals surface area contributed by atoms with Crippen LogP contribution in [-0.4, -0.2) is 201 Å². The van der Waals surface area contributed by atoms with Gasteiger partial charge in [-0.15, -0.1) is 22.7 Å². The molecular formula is C79H105F3IN9O16S2. The lowest BCUT2D eigenvalue weighted by atomic mass is 9.77. The Hall–Kier alpha value is -7.25. The van der Waals surface area contributed by atoms with Crippen molar-refractivity contribution < 1.29 is 90.2 Å². The lowest BCUT2D eigenvalue weighted by Crippen LogP contribution is -2.50. The molecule has 2 saturated heterocycles. The molecule has 4 aromatic carbocycles. The number of halogens is 4. The molecule has 8 rings (SSSR count). The number of ketones is 2. The van der Waals surface area contributed by atoms with E-state index >= 15 is 0 Å². The molecular weight excluding hydrogens is 1580 g/mol. The standard InChI is InChI=1S/C48H59F3IN5O9S.C31H46N4O7S/c1-30-44(67-29-54-30)32-11-9-31(10-12-32)26-53-46(61)41-25-34(58)27-57(41)47(62)37(48(2,3)4)24-35(59)28-65-22-21-64-20-19-63-17-7-5-6-8-18-66-56-45(60)36-14-15-38(49)42(51)43(36)55-40-16-13-33(52)23-39(40)50;1-21-28(43-20-34-21)23-7-5-22(6-8-23)17-33-29(38)27-16-24(36)18-35(27)30(39)26(31(2,3)4)15-25(37)19-42-14-13-41-12-11-40-10-9-32/h9-16,23,29,34,37,41,55,58H,5-8,17-22,24-28H2,1-4H3,(H,53,61)(H,56,60);5-8,20,24,26-27,36H,9-19,32H2,1-4H3,(H,33,38)/t34-,37-,41+;24-,26-,27+/m11/s1. The van der Waals surface area contributed by atoms with Gasteiger partial charge in [-0.1, -0.05) is 103 Å². The molecule has 110 heavy (non-hydrogen) atoms. The second-order valence-electron chi connectivity index (χ2n) is 29.0. The molecule has 31 heteroatoms. The maximum Gasteiger partial charge on any atom is 0.277 e. The molecule has 602 valence electrons. The highest BCUT2D eigenvalue weighted by molar-refractivity contribution is 14.1. The lowest BCUT2D eigenvalue weighted by Gasteiger charge is -2.34. The number of hydrogen-bond donors (Lipinski definition) is 7. The highest BCUT2D eigenvalue weighted by Crippen LogP contribution is 2.37. The monoisotopic (exact) mass is 1680 g/mol. The number of aryl methyl sites for hydroxylation is 2. The van der Waals surface area contributed by atoms with Gasteiger partial charge in [0.05, 0.1) is 127 Å². The molecule has 0 aliphatic carbocycles. The van der Waals surface area contributed by atoms with Gasteiger partial charge in [0.1, 0.15) is 31.1 Å². The number of β-amino-alcohol motifs (C(OH)–C–C–N with tert-alkyl or cyclic N) is 2. The van der Waals surface area contributed by atoms with Gasteiger partial charge in [0, 0.05) is 80.4 Å². The van der Waals surface area contributed by atoms with Crippen LogP contribution in [0, 0.1) is 57.5 Å². The number of nitrogens with one attached hydrogen (secondary N) is 4. The number of unbranched alkanes of at least 4 members (excludes halogenated alkanes) is 3. The van der Waals surface area contributed by atoms with Crippen LogP contribution in [0.5, 0.6) is 0 Å². The van der Waals surface area contributed by atoms with Gasteiger partial charge in [-0.25, -0.2) is 28.6 Å². The molecule has 25 nitrogen and oxygen atoms in total. The number of amides is 5. The number of anilines is 2. The highest BCUT2D eigenvalue weighted by Gasteiger charge is 2.46. The van der Waals surface area contributed by atoms with Crippen LogP contribution < -0.4 is 27.2 Å². The summed E-state index contributed by atoms with van der Waals surface area (Å²) >= 11 is 5.06. The highest BCUT2D eigenvalue weighted by atomic mass is 127. The number of nitrogens with zero attached hydrogens (tertiary/aromatic N) is 4. The number of nitrogens with two attached hydrogens (primary N) is 1. The number of aliphatic hydroxyl groups excluding tert-OH is 2. The van der Waals surface area contributed by atoms with E-state index < -0.39 is 76.0 Å². The Labute approximate surface area is 663 Å². The van der Waals surface area contributed by atoms with Crippen LogP contribution in [0.3, 0.4) is 0 Å². The number of aromatic nitrogens is 2. The lowest BCUT2D eigenvalue weighted by molar-refractivity contribution is -0.147. The summed E-state index contributed by atoms with van der Waals surface area (Å²) in [5.41, 5.74) is 15.0. The molecule has 2 aliphatic rings. The minimum atomic E-state index is -1.33. The number of hydroxylamine groups is 1. The molecule has 0 saturated carbocycles. The van der Waals surface area contributed by atoms with Crippen LogP contribution >= 0.6 is 45.3 Å². The molecule has 6 aromatic rings. The number of carbonyl (C=O) groups excluding carboxylic acids is 7. The van der Waals surface area contributed by atoms with Crippen molar-refractivity contribution in [2.24, 2.45) is 28.4 Å². The SMILES string of the molecule is Cc1ncsc1-c1ccc(CNC(=O)[C@@H]2C[C@@H](O)CN2C(=O)[C@@H](CC(=O)COCCOCCOCCCCCCONC(=O)c2ccc(F)c(F)c2Nc2ccc(I)cc2F)C(C)(C)C)cc1.Cc1ncsc1-c1ccc(CNC(=O)[C@@H]2C[C@@H](O)CN2C(=O)[C@@H](CC(=O)COCCOCCOCCN)C(C)(C)C)cc1. The topological polar surface area (TPSA) is 331 Å². The van der Waals surface area contributed by atoms with Crippen LogP contribution in [0.1, 0.15) is 126 Å². The summed E-state index contributed by atoms with van der Waals surface area (Å²) in [5, 5.41) is 29.3. The fourth-order valence-electron chi connectivity index (χ4n) is 12.3. The van der Waals surface area contributed by atoms with Crippen molar-refractivity contribution in [1.29, 1.82) is 0 Å². The Morgan fingerprint density at radius 3 is 1.44 bits per heavy atom. The molecule has 0 bridgehead atoms. The van der Waals surface area contributed by atoms with Crippen molar-refractivity contribution in [3.63, 3.8) is 0 Å². The van der Waals surface area contributed by atoms with Gasteiger partial charge in [-0.2, -0.15) is 0 Å². The zero-order valence-corrected chi connectivity index (χ0v) is 67.6. The number of thiazole rings is 2. The molecule has 5 amide bonds. The number of Topliss-reactive ketones (excluding diaryl/α,β-unsaturated/α-hetero) is 2. The third-order valence-corrected chi connectivity index (χ3v) is 21.0. The van der Waals surface area contributed by atoms with E-state index in [0.717, 1.165) is 74.8 Å². The number of ether oxygens (including phenoxy) is 6. The number of carbonyl (C=O) groups is 7. The van der Waals surface area contributed by atoms with Gasteiger partial charge in [0.2, 0.25) is 23.6 Å². The summed E-state index contributed by atoms with van der Waals surface area (Å²) in [6.45, 7) is 19.6. The minimum Gasteiger partial charge on any atom is -0.391 e. The molecule has 8 N–H and O–H groups in total. The van der Waals surface area contributed by atoms with Gasteiger partial charge in [0.25, 0.3) is 5.91 Å². The van der Waals surface area contributed by atoms with E-state index in [0.29, 0.717) is 69.3 Å². The minimum absolute atomic E-state index is 0.00516. The van der Waals surface area contributed by atoms with Crippen LogP contribution in [0.2, 0.25) is 0 Å². The van der Waals surface area contributed by atoms with Crippen molar-refractivity contribution in [3.05, 3.63) is 139 Å². The quantitative estimate of drug-likeness (QED) is 0.0106. The first-order valence-corrected chi connectivity index (χ1v) is 39.7. The van der Waals surface area contributed by atoms with E-state index in [2.05, 4.69) is 31.4 Å². The Morgan fingerprint density at radius 2 is 1.01 bits per heavy atom. The zero-order valence-electron chi connectivity index (χ0n) is 63.8. The van der Waals surface area contributed by atoms with E-state index in [1.807, 2.05) is 132 Å². The smallest absolute Gasteiger partial charge is 0.277 e. The van der Waals surface area contributed by atoms with Gasteiger partial charge in [-0.3, -0.25) is 38.4 Å². The average Bonchev–Trinajstić information content (AvgIpc) is 1.52. The molecule has 2 fully saturated rings. The van der Waals surface area contributed by atoms with Crippen LogP contribution in [0.4, 0.5) is 24.5 Å². The molecule has 4 heterocycles. The van der Waals surface area contributed by atoms with E-state index in [1.165, 1.54) is 21.9 Å². The van der Waals surface area contributed by atoms with Crippen LogP contribution in [0.15, 0.2) is 89.9 Å². The number of benzene rings is 4. The zero-order chi connectivity index (χ0) is 79.9. The fourth-order valence-corrected chi connectivity index (χ4v) is 14.3. The summed E-state index contributed by atoms with van der Waals surface area (Å²) < 4.78 is 76.4. The molecule has 2 aromatic heterocycles. The maximum absolute atomic E-state index is 14.6. The summed E-state index contributed by atoms with van der Waals surface area (Å²) in [4.78, 5) is 112. The van der Waals surface area contributed by atoms with Crippen molar-refractivity contribution in [2.45, 2.75) is 144 Å². The van der Waals surface area contributed by atoms with Crippen molar-refractivity contribution >= 4 is 97.7 Å². The normalized spacial score (nSPS) is 16.3. The second-order valence-corrected chi connectivity index (χ2v) is 32.0.